The number of hydrogen-bond acceptors (Lipinski definition) is 11. The summed E-state index contributed by atoms with van der Waals surface area (Å²) in [5.41, 5.74) is 10.6. The van der Waals surface area contributed by atoms with Gasteiger partial charge in [0.2, 0.25) is 0 Å². The third-order valence-corrected chi connectivity index (χ3v) is 13.3. The molecule has 68 heavy (non-hydrogen) atoms. The normalized spacial score (nSPS) is 16.5. The van der Waals surface area contributed by atoms with E-state index in [1.807, 2.05) is 59.3 Å². The van der Waals surface area contributed by atoms with E-state index in [-0.39, 0.29) is 42.9 Å². The number of nitrogens with zero attached hydrogens (tertiary/aromatic N) is 4. The molecule has 0 aromatic heterocycles. The average molecular weight is 921 g/mol. The molecule has 4 aliphatic rings. The molecule has 5 aromatic carbocycles. The van der Waals surface area contributed by atoms with Gasteiger partial charge in [-0.05, 0) is 121 Å². The van der Waals surface area contributed by atoms with Crippen LogP contribution in [0.25, 0.3) is 0 Å². The van der Waals surface area contributed by atoms with E-state index in [9.17, 15) is 14.4 Å². The molecule has 4 aliphatic heterocycles. The van der Waals surface area contributed by atoms with Crippen LogP contribution in [0.4, 0.5) is 22.7 Å². The Bertz CT molecular complexity index is 2700. The molecule has 2 amide bonds. The number of ketones is 1. The molecule has 5 aromatic rings. The van der Waals surface area contributed by atoms with Gasteiger partial charge in [-0.1, -0.05) is 36.4 Å². The van der Waals surface area contributed by atoms with Gasteiger partial charge in [-0.15, -0.1) is 0 Å². The van der Waals surface area contributed by atoms with Crippen LogP contribution in [0.15, 0.2) is 96.0 Å². The number of hydrogen-bond donors (Lipinski definition) is 0. The molecule has 0 aliphatic carbocycles. The van der Waals surface area contributed by atoms with Crippen molar-refractivity contribution in [2.45, 2.75) is 77.7 Å². The van der Waals surface area contributed by atoms with Gasteiger partial charge in [-0.2, -0.15) is 0 Å². The molecular formula is C55H60N4O9. The van der Waals surface area contributed by atoms with E-state index in [2.05, 4.69) is 47.4 Å². The van der Waals surface area contributed by atoms with Crippen LogP contribution in [-0.2, 0) is 51.5 Å². The largest absolute Gasteiger partial charge is 0.493 e. The van der Waals surface area contributed by atoms with Crippen molar-refractivity contribution in [2.75, 3.05) is 75.0 Å². The summed E-state index contributed by atoms with van der Waals surface area (Å²) in [6.07, 6.45) is 6.19. The van der Waals surface area contributed by atoms with Crippen molar-refractivity contribution in [3.05, 3.63) is 136 Å². The van der Waals surface area contributed by atoms with E-state index >= 15 is 0 Å². The maximum absolute atomic E-state index is 14.1. The lowest BCUT2D eigenvalue weighted by atomic mass is 9.98. The second-order valence-electron chi connectivity index (χ2n) is 17.9. The number of carbonyl (C=O) groups excluding carboxylic acids is 3. The summed E-state index contributed by atoms with van der Waals surface area (Å²) >= 11 is 0. The van der Waals surface area contributed by atoms with Gasteiger partial charge in [0.05, 0.1) is 57.4 Å². The molecule has 0 bridgehead atoms. The van der Waals surface area contributed by atoms with E-state index in [0.29, 0.717) is 88.1 Å². The fourth-order valence-electron chi connectivity index (χ4n) is 9.84. The highest BCUT2D eigenvalue weighted by molar-refractivity contribution is 6.15. The van der Waals surface area contributed by atoms with Gasteiger partial charge in [-0.3, -0.25) is 19.5 Å². The second kappa shape index (κ2) is 21.2. The topological polar surface area (TPSA) is 129 Å². The molecular weight excluding hydrogens is 861 g/mol. The lowest BCUT2D eigenvalue weighted by Crippen LogP contribution is -2.37. The summed E-state index contributed by atoms with van der Waals surface area (Å²) < 4.78 is 35.8. The standard InChI is InChI=1S/C55H60N4O9/c1-36-24-46-40(15-16-43-28-41-11-5-7-13-49(41)58(43)54(46)61)30-51(36)67-34-38-25-39(27-44(26-38)57(17-9-10-37(2)60)18-19-65-22-23-66-21-20-63-3)35-68-53-32-48-47(31-52(53)64-4)55(62)59-45(33-56-48)29-42-12-6-8-14-50(42)59/h5-8,11-14,24-27,30-33,43,45H,9-10,15-23,28-29,34-35H2,1-4H3/t43-,45+/m1/s1. The summed E-state index contributed by atoms with van der Waals surface area (Å²) in [5, 5.41) is 0. The van der Waals surface area contributed by atoms with Gasteiger partial charge in [0.1, 0.15) is 24.7 Å². The Morgan fingerprint density at radius 2 is 1.38 bits per heavy atom. The number of ether oxygens (including phenoxy) is 6. The molecule has 0 saturated carbocycles. The number of fused-ring (bicyclic) bond motifs is 8. The van der Waals surface area contributed by atoms with Gasteiger partial charge in [0, 0.05) is 74.0 Å². The number of aliphatic imine (C=N–C) groups is 1. The smallest absolute Gasteiger partial charge is 0.261 e. The summed E-state index contributed by atoms with van der Waals surface area (Å²) in [6.45, 7) is 7.64. The van der Waals surface area contributed by atoms with E-state index in [4.69, 9.17) is 33.4 Å². The van der Waals surface area contributed by atoms with Gasteiger partial charge < -0.3 is 43.0 Å². The molecule has 9 rings (SSSR count). The van der Waals surface area contributed by atoms with E-state index in [1.54, 1.807) is 33.3 Å². The Balaban J connectivity index is 0.974. The zero-order chi connectivity index (χ0) is 47.1. The Morgan fingerprint density at radius 3 is 2.12 bits per heavy atom. The van der Waals surface area contributed by atoms with Crippen LogP contribution >= 0.6 is 0 Å². The van der Waals surface area contributed by atoms with Crippen LogP contribution in [0.2, 0.25) is 0 Å². The highest BCUT2D eigenvalue weighted by Crippen LogP contribution is 2.42. The molecule has 0 spiro atoms. The minimum Gasteiger partial charge on any atom is -0.493 e. The first-order valence-electron chi connectivity index (χ1n) is 23.7. The van der Waals surface area contributed by atoms with Crippen LogP contribution in [0, 0.1) is 6.92 Å². The number of anilines is 3. The van der Waals surface area contributed by atoms with Crippen molar-refractivity contribution in [2.24, 2.45) is 4.99 Å². The first-order chi connectivity index (χ1) is 33.2. The number of rotatable bonds is 21. The fraction of sp³-hybridized carbons (Fsp3) is 0.382. The Labute approximate surface area is 398 Å². The van der Waals surface area contributed by atoms with Gasteiger partial charge in [0.15, 0.2) is 11.5 Å². The van der Waals surface area contributed by atoms with E-state index in [0.717, 1.165) is 75.5 Å². The molecule has 2 atom stereocenters. The van der Waals surface area contributed by atoms with Crippen LogP contribution in [-0.4, -0.2) is 96.2 Å². The minimum atomic E-state index is -0.183. The van der Waals surface area contributed by atoms with E-state index in [1.165, 1.54) is 5.56 Å². The number of benzene rings is 5. The highest BCUT2D eigenvalue weighted by atomic mass is 16.5. The van der Waals surface area contributed by atoms with Crippen molar-refractivity contribution in [3.8, 4) is 17.2 Å². The number of methoxy groups -OCH3 is 2. The Morgan fingerprint density at radius 1 is 0.706 bits per heavy atom. The van der Waals surface area contributed by atoms with E-state index < -0.39 is 0 Å². The third kappa shape index (κ3) is 10.2. The molecule has 0 unspecified atom stereocenters. The highest BCUT2D eigenvalue weighted by Gasteiger charge is 2.38. The maximum Gasteiger partial charge on any atom is 0.261 e. The van der Waals surface area contributed by atoms with Crippen LogP contribution < -0.4 is 28.9 Å². The van der Waals surface area contributed by atoms with Crippen LogP contribution in [0.3, 0.4) is 0 Å². The lowest BCUT2D eigenvalue weighted by molar-refractivity contribution is -0.117. The predicted octanol–water partition coefficient (Wildman–Crippen LogP) is 8.82. The Hall–Kier alpha value is -6.54. The molecule has 0 radical (unpaired) electrons. The summed E-state index contributed by atoms with van der Waals surface area (Å²) in [4.78, 5) is 51.2. The number of aryl methyl sites for hydroxylation is 2. The number of para-hydroxylation sites is 2. The third-order valence-electron chi connectivity index (χ3n) is 13.3. The second-order valence-corrected chi connectivity index (χ2v) is 17.9. The minimum absolute atomic E-state index is 0.0440. The molecule has 354 valence electrons. The Kier molecular flexibility index (Phi) is 14.5. The predicted molar refractivity (Wildman–Crippen MR) is 263 cm³/mol. The molecule has 13 heteroatoms. The first-order valence-corrected chi connectivity index (χ1v) is 23.7. The zero-order valence-electron chi connectivity index (χ0n) is 39.5. The monoisotopic (exact) mass is 920 g/mol. The van der Waals surface area contributed by atoms with Crippen LogP contribution in [0.1, 0.15) is 80.3 Å². The van der Waals surface area contributed by atoms with Crippen molar-refractivity contribution in [1.82, 2.24) is 0 Å². The SMILES string of the molecule is COCCOCCOCCN(CCCC(C)=O)c1cc(COc2cc3c(cc2C)C(=O)N2c4ccccc4C[C@H]2CC3)cc(COc2cc3c(cc2OC)C(=O)N2c4ccccc4C[C@H]2C=N3)c1. The zero-order valence-corrected chi connectivity index (χ0v) is 39.5. The number of carbonyl (C=O) groups is 3. The van der Waals surface area contributed by atoms with Crippen molar-refractivity contribution in [3.63, 3.8) is 0 Å². The molecule has 13 nitrogen and oxygen atoms in total. The lowest BCUT2D eigenvalue weighted by Gasteiger charge is -2.26. The van der Waals surface area contributed by atoms with Crippen molar-refractivity contribution >= 4 is 46.6 Å². The van der Waals surface area contributed by atoms with Crippen LogP contribution in [0.5, 0.6) is 17.2 Å². The van der Waals surface area contributed by atoms with Gasteiger partial charge in [-0.25, -0.2) is 0 Å². The fourth-order valence-corrected chi connectivity index (χ4v) is 9.84. The molecule has 0 saturated heterocycles. The molecule has 0 N–H and O–H groups in total. The quantitative estimate of drug-likeness (QED) is 0.0659. The summed E-state index contributed by atoms with van der Waals surface area (Å²) in [6, 6.07) is 30.0. The number of amides is 2. The number of Topliss-reactive ketones (excluding diaryl/α,β-unsaturated/α-hetero) is 1. The molecule has 4 heterocycles. The maximum atomic E-state index is 14.1. The average Bonchev–Trinajstić information content (AvgIpc) is 3.84. The summed E-state index contributed by atoms with van der Waals surface area (Å²) in [7, 11) is 3.21. The first kappa shape index (κ1) is 46.6. The molecule has 0 fully saturated rings. The van der Waals surface area contributed by atoms with Crippen molar-refractivity contribution in [1.29, 1.82) is 0 Å². The summed E-state index contributed by atoms with van der Waals surface area (Å²) in [5.74, 6) is 1.66. The van der Waals surface area contributed by atoms with Crippen molar-refractivity contribution < 1.29 is 42.8 Å². The van der Waals surface area contributed by atoms with Gasteiger partial charge in [0.25, 0.3) is 11.8 Å². The van der Waals surface area contributed by atoms with Gasteiger partial charge >= 0.3 is 0 Å².